The highest BCUT2D eigenvalue weighted by Gasteiger charge is 2.11. The number of anilines is 1. The Labute approximate surface area is 179 Å². The summed E-state index contributed by atoms with van der Waals surface area (Å²) >= 11 is 6.50. The Morgan fingerprint density at radius 2 is 1.93 bits per heavy atom. The van der Waals surface area contributed by atoms with Crippen molar-refractivity contribution in [1.82, 2.24) is 19.5 Å². The van der Waals surface area contributed by atoms with E-state index >= 15 is 0 Å². The monoisotopic (exact) mass is 415 g/mol. The number of benzene rings is 2. The molecule has 30 heavy (non-hydrogen) atoms. The van der Waals surface area contributed by atoms with Crippen LogP contribution in [0.5, 0.6) is 0 Å². The molecule has 0 aliphatic carbocycles. The molecule has 0 bridgehead atoms. The molecule has 0 amide bonds. The van der Waals surface area contributed by atoms with Crippen LogP contribution in [0.2, 0.25) is 5.02 Å². The zero-order valence-electron chi connectivity index (χ0n) is 16.9. The Morgan fingerprint density at radius 3 is 2.83 bits per heavy atom. The summed E-state index contributed by atoms with van der Waals surface area (Å²) in [5.41, 5.74) is 6.63. The second-order valence-electron chi connectivity index (χ2n) is 7.56. The third kappa shape index (κ3) is 3.31. The molecule has 0 unspecified atom stereocenters. The predicted molar refractivity (Wildman–Crippen MR) is 124 cm³/mol. The molecule has 0 fully saturated rings. The minimum absolute atomic E-state index is 0.738. The maximum Gasteiger partial charge on any atom is 0.130 e. The van der Waals surface area contributed by atoms with E-state index < -0.39 is 0 Å². The van der Waals surface area contributed by atoms with Gasteiger partial charge in [-0.2, -0.15) is 0 Å². The number of hydrogen-bond donors (Lipinski definition) is 2. The number of nitrogens with zero attached hydrogens (tertiary/aromatic N) is 3. The highest BCUT2D eigenvalue weighted by molar-refractivity contribution is 6.35. The molecule has 150 valence electrons. The largest absolute Gasteiger partial charge is 0.368 e. The SMILES string of the molecule is Cc1ccc(Cl)c2c1cc(C)n2CCNc1cc(-c2ccc3[nH]ccc3c2)ncn1. The van der Waals surface area contributed by atoms with E-state index in [1.807, 2.05) is 18.3 Å². The molecule has 5 aromatic rings. The molecule has 0 aliphatic heterocycles. The van der Waals surface area contributed by atoms with Gasteiger partial charge in [-0.15, -0.1) is 0 Å². The van der Waals surface area contributed by atoms with Gasteiger partial charge < -0.3 is 14.9 Å². The van der Waals surface area contributed by atoms with Crippen LogP contribution >= 0.6 is 11.6 Å². The van der Waals surface area contributed by atoms with Crippen molar-refractivity contribution in [2.24, 2.45) is 0 Å². The first-order valence-electron chi connectivity index (χ1n) is 9.98. The molecule has 3 heterocycles. The van der Waals surface area contributed by atoms with Gasteiger partial charge in [0.15, 0.2) is 0 Å². The van der Waals surface area contributed by atoms with Crippen molar-refractivity contribution in [2.75, 3.05) is 11.9 Å². The highest BCUT2D eigenvalue weighted by Crippen LogP contribution is 2.29. The van der Waals surface area contributed by atoms with Crippen LogP contribution in [0.4, 0.5) is 5.82 Å². The average Bonchev–Trinajstić information content (AvgIpc) is 3.35. The molecule has 0 radical (unpaired) electrons. The van der Waals surface area contributed by atoms with Crippen LogP contribution in [0.3, 0.4) is 0 Å². The van der Waals surface area contributed by atoms with Crippen LogP contribution in [-0.2, 0) is 6.54 Å². The van der Waals surface area contributed by atoms with Crippen LogP contribution in [0.25, 0.3) is 33.1 Å². The molecule has 2 N–H and O–H groups in total. The Balaban J connectivity index is 1.35. The number of fused-ring (bicyclic) bond motifs is 2. The minimum atomic E-state index is 0.738. The Morgan fingerprint density at radius 1 is 1.03 bits per heavy atom. The van der Waals surface area contributed by atoms with Crippen LogP contribution in [0.1, 0.15) is 11.3 Å². The van der Waals surface area contributed by atoms with Gasteiger partial charge in [0.25, 0.3) is 0 Å². The van der Waals surface area contributed by atoms with Crippen LogP contribution in [-0.4, -0.2) is 26.1 Å². The van der Waals surface area contributed by atoms with Crippen molar-refractivity contribution in [3.63, 3.8) is 0 Å². The van der Waals surface area contributed by atoms with Crippen molar-refractivity contribution in [3.8, 4) is 11.3 Å². The predicted octanol–water partition coefficient (Wildman–Crippen LogP) is 5.96. The molecule has 0 spiro atoms. The van der Waals surface area contributed by atoms with Gasteiger partial charge in [0.2, 0.25) is 0 Å². The van der Waals surface area contributed by atoms with E-state index in [9.17, 15) is 0 Å². The van der Waals surface area contributed by atoms with Crippen molar-refractivity contribution in [3.05, 3.63) is 77.3 Å². The summed E-state index contributed by atoms with van der Waals surface area (Å²) in [7, 11) is 0. The number of hydrogen-bond acceptors (Lipinski definition) is 3. The lowest BCUT2D eigenvalue weighted by Gasteiger charge is -2.12. The normalized spacial score (nSPS) is 11.4. The van der Waals surface area contributed by atoms with E-state index in [0.717, 1.165) is 46.2 Å². The molecule has 2 aromatic carbocycles. The Kier molecular flexibility index (Phi) is 4.68. The zero-order chi connectivity index (χ0) is 20.7. The molecule has 5 rings (SSSR count). The van der Waals surface area contributed by atoms with Crippen LogP contribution < -0.4 is 5.32 Å². The zero-order valence-corrected chi connectivity index (χ0v) is 17.7. The van der Waals surface area contributed by atoms with E-state index in [1.165, 1.54) is 22.0 Å². The van der Waals surface area contributed by atoms with Gasteiger partial charge in [-0.25, -0.2) is 9.97 Å². The number of nitrogens with one attached hydrogen (secondary N) is 2. The van der Waals surface area contributed by atoms with E-state index in [0.29, 0.717) is 0 Å². The van der Waals surface area contributed by atoms with Crippen molar-refractivity contribution >= 4 is 39.2 Å². The lowest BCUT2D eigenvalue weighted by Crippen LogP contribution is -2.12. The number of rotatable bonds is 5. The summed E-state index contributed by atoms with van der Waals surface area (Å²) in [5.74, 6) is 0.811. The fraction of sp³-hybridized carbons (Fsp3) is 0.167. The van der Waals surface area contributed by atoms with Crippen LogP contribution in [0, 0.1) is 13.8 Å². The molecule has 0 saturated heterocycles. The molecule has 0 aliphatic rings. The van der Waals surface area contributed by atoms with E-state index in [-0.39, 0.29) is 0 Å². The van der Waals surface area contributed by atoms with Gasteiger partial charge in [-0.05, 0) is 49.7 Å². The quantitative estimate of drug-likeness (QED) is 0.372. The van der Waals surface area contributed by atoms with Crippen molar-refractivity contribution in [1.29, 1.82) is 0 Å². The van der Waals surface area contributed by atoms with Crippen molar-refractivity contribution in [2.45, 2.75) is 20.4 Å². The third-order valence-electron chi connectivity index (χ3n) is 5.59. The Bertz CT molecular complexity index is 1370. The first kappa shape index (κ1) is 18.7. The lowest BCUT2D eigenvalue weighted by molar-refractivity contribution is 0.733. The fourth-order valence-electron chi connectivity index (χ4n) is 4.01. The molecule has 0 atom stereocenters. The average molecular weight is 416 g/mol. The smallest absolute Gasteiger partial charge is 0.130 e. The number of aryl methyl sites for hydroxylation is 2. The van der Waals surface area contributed by atoms with Gasteiger partial charge in [0, 0.05) is 52.9 Å². The molecule has 3 aromatic heterocycles. The van der Waals surface area contributed by atoms with Gasteiger partial charge >= 0.3 is 0 Å². The standard InChI is InChI=1S/C24H22ClN5/c1-15-3-5-20(25)24-19(15)11-16(2)30(24)10-9-27-23-13-22(28-14-29-23)17-4-6-21-18(12-17)7-8-26-21/h3-8,11-14,26H,9-10H2,1-2H3,(H,27,28,29). The fourth-order valence-corrected chi connectivity index (χ4v) is 4.28. The second kappa shape index (κ2) is 7.50. The second-order valence-corrected chi connectivity index (χ2v) is 7.97. The van der Waals surface area contributed by atoms with Gasteiger partial charge in [-0.3, -0.25) is 0 Å². The van der Waals surface area contributed by atoms with Crippen molar-refractivity contribution < 1.29 is 0 Å². The maximum absolute atomic E-state index is 6.50. The number of halogens is 1. The summed E-state index contributed by atoms with van der Waals surface area (Å²) in [6.07, 6.45) is 3.55. The number of H-pyrrole nitrogens is 1. The topological polar surface area (TPSA) is 58.5 Å². The molecular formula is C24H22ClN5. The highest BCUT2D eigenvalue weighted by atomic mass is 35.5. The number of aromatic amines is 1. The first-order valence-corrected chi connectivity index (χ1v) is 10.4. The molecule has 5 nitrogen and oxygen atoms in total. The lowest BCUT2D eigenvalue weighted by atomic mass is 10.1. The van der Waals surface area contributed by atoms with E-state index in [4.69, 9.17) is 11.6 Å². The Hall–Kier alpha value is -3.31. The summed E-state index contributed by atoms with van der Waals surface area (Å²) in [6, 6.07) is 16.6. The number of aromatic nitrogens is 4. The van der Waals surface area contributed by atoms with Gasteiger partial charge in [0.05, 0.1) is 16.2 Å². The van der Waals surface area contributed by atoms with E-state index in [1.54, 1.807) is 6.33 Å². The van der Waals surface area contributed by atoms with E-state index in [2.05, 4.69) is 75.1 Å². The molecule has 6 heteroatoms. The molecule has 0 saturated carbocycles. The van der Waals surface area contributed by atoms with Gasteiger partial charge in [0.1, 0.15) is 12.1 Å². The first-order chi connectivity index (χ1) is 14.6. The maximum atomic E-state index is 6.50. The summed E-state index contributed by atoms with van der Waals surface area (Å²) < 4.78 is 2.26. The van der Waals surface area contributed by atoms with Crippen LogP contribution in [0.15, 0.2) is 61.1 Å². The minimum Gasteiger partial charge on any atom is -0.368 e. The van der Waals surface area contributed by atoms with Gasteiger partial charge in [-0.1, -0.05) is 23.7 Å². The summed E-state index contributed by atoms with van der Waals surface area (Å²) in [5, 5.41) is 6.60. The summed E-state index contributed by atoms with van der Waals surface area (Å²) in [4.78, 5) is 12.1. The summed E-state index contributed by atoms with van der Waals surface area (Å²) in [6.45, 7) is 5.78. The molecular weight excluding hydrogens is 394 g/mol. The third-order valence-corrected chi connectivity index (χ3v) is 5.90.